The van der Waals surface area contributed by atoms with Crippen LogP contribution in [0.1, 0.15) is 18.6 Å². The number of hydrogen-bond acceptors (Lipinski definition) is 4. The van der Waals surface area contributed by atoms with Gasteiger partial charge in [-0.25, -0.2) is 0 Å². The average molecular weight is 241 g/mol. The lowest BCUT2D eigenvalue weighted by Gasteiger charge is -2.34. The minimum atomic E-state index is -0.772. The molecular formula is C11H15NO3S. The molecule has 0 aliphatic carbocycles. The molecule has 1 N–H and O–H groups in total. The van der Waals surface area contributed by atoms with E-state index in [1.165, 1.54) is 0 Å². The van der Waals surface area contributed by atoms with E-state index in [1.54, 1.807) is 18.3 Å². The van der Waals surface area contributed by atoms with E-state index in [9.17, 15) is 4.79 Å². The Morgan fingerprint density at radius 3 is 3.19 bits per heavy atom. The summed E-state index contributed by atoms with van der Waals surface area (Å²) >= 11 is 1.63. The summed E-state index contributed by atoms with van der Waals surface area (Å²) in [5, 5.41) is 13.0. The second-order valence-corrected chi connectivity index (χ2v) is 4.71. The molecule has 1 aliphatic heterocycles. The highest BCUT2D eigenvalue weighted by Gasteiger charge is 2.28. The molecule has 1 aromatic heterocycles. The lowest BCUT2D eigenvalue weighted by Crippen LogP contribution is -2.46. The lowest BCUT2D eigenvalue weighted by molar-refractivity contribution is -0.145. The summed E-state index contributed by atoms with van der Waals surface area (Å²) in [6, 6.07) is 1.59. The first-order valence-electron chi connectivity index (χ1n) is 5.29. The van der Waals surface area contributed by atoms with Crippen molar-refractivity contribution in [1.29, 1.82) is 0 Å². The second kappa shape index (κ2) is 4.95. The minimum Gasteiger partial charge on any atom is -0.480 e. The molecule has 2 heterocycles. The molecule has 0 radical (unpaired) electrons. The van der Waals surface area contributed by atoms with Gasteiger partial charge < -0.3 is 9.84 Å². The highest BCUT2D eigenvalue weighted by molar-refractivity contribution is 7.07. The maximum absolute atomic E-state index is 10.9. The smallest absolute Gasteiger partial charge is 0.320 e. The third kappa shape index (κ3) is 2.42. The van der Waals surface area contributed by atoms with Gasteiger partial charge >= 0.3 is 5.97 Å². The van der Waals surface area contributed by atoms with Crippen molar-refractivity contribution in [2.75, 3.05) is 19.7 Å². The van der Waals surface area contributed by atoms with Crippen LogP contribution in [0, 0.1) is 0 Å². The van der Waals surface area contributed by atoms with Gasteiger partial charge in [-0.3, -0.25) is 9.69 Å². The SMILES string of the molecule is C[C@@H](C(=O)O)N1CCO[C@H](c2ccsc2)C1. The van der Waals surface area contributed by atoms with E-state index in [0.717, 1.165) is 5.56 Å². The fraction of sp³-hybridized carbons (Fsp3) is 0.545. The Hall–Kier alpha value is -0.910. The first-order chi connectivity index (χ1) is 7.68. The number of ether oxygens (including phenoxy) is 1. The molecule has 1 aromatic rings. The number of nitrogens with zero attached hydrogens (tertiary/aromatic N) is 1. The molecule has 4 nitrogen and oxygen atoms in total. The summed E-state index contributed by atoms with van der Waals surface area (Å²) in [5.41, 5.74) is 1.15. The van der Waals surface area contributed by atoms with Crippen LogP contribution in [-0.4, -0.2) is 41.7 Å². The van der Waals surface area contributed by atoms with Crippen molar-refractivity contribution < 1.29 is 14.6 Å². The van der Waals surface area contributed by atoms with Gasteiger partial charge in [-0.2, -0.15) is 11.3 Å². The van der Waals surface area contributed by atoms with Gasteiger partial charge in [-0.05, 0) is 29.3 Å². The van der Waals surface area contributed by atoms with Crippen LogP contribution in [0.3, 0.4) is 0 Å². The summed E-state index contributed by atoms with van der Waals surface area (Å²) in [5.74, 6) is -0.772. The summed E-state index contributed by atoms with van der Waals surface area (Å²) in [6.45, 7) is 3.66. The molecule has 0 saturated carbocycles. The van der Waals surface area contributed by atoms with Crippen LogP contribution in [0.2, 0.25) is 0 Å². The zero-order chi connectivity index (χ0) is 11.5. The van der Waals surface area contributed by atoms with Crippen molar-refractivity contribution in [3.63, 3.8) is 0 Å². The minimum absolute atomic E-state index is 0.0156. The van der Waals surface area contributed by atoms with Gasteiger partial charge in [0.2, 0.25) is 0 Å². The lowest BCUT2D eigenvalue weighted by atomic mass is 10.1. The van der Waals surface area contributed by atoms with E-state index in [0.29, 0.717) is 19.7 Å². The number of carbonyl (C=O) groups is 1. The topological polar surface area (TPSA) is 49.8 Å². The largest absolute Gasteiger partial charge is 0.480 e. The van der Waals surface area contributed by atoms with E-state index in [4.69, 9.17) is 9.84 Å². The Balaban J connectivity index is 2.02. The first kappa shape index (κ1) is 11.6. The molecule has 0 spiro atoms. The maximum atomic E-state index is 10.9. The van der Waals surface area contributed by atoms with Gasteiger partial charge in [0.1, 0.15) is 6.04 Å². The highest BCUT2D eigenvalue weighted by atomic mass is 32.1. The van der Waals surface area contributed by atoms with Crippen LogP contribution in [0.5, 0.6) is 0 Å². The maximum Gasteiger partial charge on any atom is 0.320 e. The van der Waals surface area contributed by atoms with Crippen molar-refractivity contribution >= 4 is 17.3 Å². The van der Waals surface area contributed by atoms with Crippen molar-refractivity contribution in [1.82, 2.24) is 4.90 Å². The van der Waals surface area contributed by atoms with Crippen LogP contribution in [0.4, 0.5) is 0 Å². The zero-order valence-electron chi connectivity index (χ0n) is 9.13. The first-order valence-corrected chi connectivity index (χ1v) is 6.23. The molecular weight excluding hydrogens is 226 g/mol. The molecule has 16 heavy (non-hydrogen) atoms. The van der Waals surface area contributed by atoms with Crippen LogP contribution < -0.4 is 0 Å². The predicted molar refractivity (Wildman–Crippen MR) is 61.7 cm³/mol. The van der Waals surface area contributed by atoms with E-state index >= 15 is 0 Å². The molecule has 0 unspecified atom stereocenters. The molecule has 0 amide bonds. The number of carboxylic acids is 1. The van der Waals surface area contributed by atoms with Crippen LogP contribution in [-0.2, 0) is 9.53 Å². The molecule has 1 saturated heterocycles. The Kier molecular flexibility index (Phi) is 3.58. The van der Waals surface area contributed by atoms with E-state index in [-0.39, 0.29) is 6.10 Å². The predicted octanol–water partition coefficient (Wildman–Crippen LogP) is 1.59. The second-order valence-electron chi connectivity index (χ2n) is 3.93. The van der Waals surface area contributed by atoms with Gasteiger partial charge in [0.15, 0.2) is 0 Å². The Labute approximate surface area is 98.4 Å². The normalized spacial score (nSPS) is 24.2. The summed E-state index contributed by atoms with van der Waals surface area (Å²) in [6.07, 6.45) is 0.0156. The number of aliphatic carboxylic acids is 1. The Bertz CT molecular complexity index is 352. The fourth-order valence-electron chi connectivity index (χ4n) is 1.84. The van der Waals surface area contributed by atoms with Gasteiger partial charge in [0.25, 0.3) is 0 Å². The van der Waals surface area contributed by atoms with Crippen LogP contribution >= 0.6 is 11.3 Å². The average Bonchev–Trinajstić information content (AvgIpc) is 2.81. The number of morpholine rings is 1. The molecule has 1 fully saturated rings. The third-order valence-corrected chi connectivity index (χ3v) is 3.62. The van der Waals surface area contributed by atoms with Gasteiger partial charge in [0, 0.05) is 13.1 Å². The monoisotopic (exact) mass is 241 g/mol. The van der Waals surface area contributed by atoms with Crippen molar-refractivity contribution in [3.8, 4) is 0 Å². The van der Waals surface area contributed by atoms with Crippen molar-refractivity contribution in [2.45, 2.75) is 19.1 Å². The molecule has 88 valence electrons. The van der Waals surface area contributed by atoms with Crippen molar-refractivity contribution in [3.05, 3.63) is 22.4 Å². The quantitative estimate of drug-likeness (QED) is 0.873. The number of carboxylic acid groups (broad SMARTS) is 1. The highest BCUT2D eigenvalue weighted by Crippen LogP contribution is 2.24. The van der Waals surface area contributed by atoms with E-state index in [1.807, 2.05) is 16.3 Å². The molecule has 2 atom stereocenters. The number of hydrogen-bond donors (Lipinski definition) is 1. The Morgan fingerprint density at radius 2 is 2.56 bits per heavy atom. The third-order valence-electron chi connectivity index (χ3n) is 2.92. The van der Waals surface area contributed by atoms with Gasteiger partial charge in [0.05, 0.1) is 12.7 Å². The zero-order valence-corrected chi connectivity index (χ0v) is 9.94. The van der Waals surface area contributed by atoms with E-state index < -0.39 is 12.0 Å². The van der Waals surface area contributed by atoms with Gasteiger partial charge in [-0.15, -0.1) is 0 Å². The molecule has 0 aromatic carbocycles. The van der Waals surface area contributed by atoms with Crippen LogP contribution in [0.15, 0.2) is 16.8 Å². The standard InChI is InChI=1S/C11H15NO3S/c1-8(11(13)14)12-3-4-15-10(6-12)9-2-5-16-7-9/h2,5,7-8,10H,3-4,6H2,1H3,(H,13,14)/t8-,10-/m0/s1. The van der Waals surface area contributed by atoms with E-state index in [2.05, 4.69) is 5.38 Å². The molecule has 0 bridgehead atoms. The summed E-state index contributed by atoms with van der Waals surface area (Å²) in [7, 11) is 0. The fourth-order valence-corrected chi connectivity index (χ4v) is 2.54. The molecule has 2 rings (SSSR count). The van der Waals surface area contributed by atoms with Gasteiger partial charge in [-0.1, -0.05) is 0 Å². The number of rotatable bonds is 3. The molecule has 5 heteroatoms. The Morgan fingerprint density at radius 1 is 1.75 bits per heavy atom. The summed E-state index contributed by atoms with van der Waals surface area (Å²) in [4.78, 5) is 12.9. The van der Waals surface area contributed by atoms with Crippen molar-refractivity contribution in [2.24, 2.45) is 0 Å². The molecule has 1 aliphatic rings. The number of thiophene rings is 1. The summed E-state index contributed by atoms with van der Waals surface area (Å²) < 4.78 is 5.65. The van der Waals surface area contributed by atoms with Crippen LogP contribution in [0.25, 0.3) is 0 Å².